The van der Waals surface area contributed by atoms with Gasteiger partial charge in [0.1, 0.15) is 17.0 Å². The Morgan fingerprint density at radius 1 is 1.09 bits per heavy atom. The highest BCUT2D eigenvalue weighted by atomic mass is 16.5. The summed E-state index contributed by atoms with van der Waals surface area (Å²) in [6.45, 7) is 9.34. The van der Waals surface area contributed by atoms with Crippen LogP contribution in [-0.4, -0.2) is 28.6 Å². The highest BCUT2D eigenvalue weighted by molar-refractivity contribution is 6.07. The molecule has 0 radical (unpaired) electrons. The molecule has 0 spiro atoms. The van der Waals surface area contributed by atoms with Gasteiger partial charge in [-0.1, -0.05) is 24.3 Å². The van der Waals surface area contributed by atoms with Gasteiger partial charge in [-0.05, 0) is 68.9 Å². The normalized spacial score (nSPS) is 23.9. The number of imide groups is 1. The molecule has 0 saturated carbocycles. The standard InChI is InChI=1S/C25H29N3O5/c1-13-14(2)20-18(15(3)19(13)29)10-11-24(4,33-20)21(30)26-12-16-6-8-17(9-7-16)25(5)22(31)27-23(32)28-25/h6-9,29H,10-12H2,1-5H3,(H,26,30)(H2,27,28,31,32). The lowest BCUT2D eigenvalue weighted by molar-refractivity contribution is -0.137. The van der Waals surface area contributed by atoms with E-state index in [0.29, 0.717) is 30.7 Å². The van der Waals surface area contributed by atoms with Crippen LogP contribution in [0.5, 0.6) is 11.5 Å². The largest absolute Gasteiger partial charge is 0.507 e. The van der Waals surface area contributed by atoms with Crippen LogP contribution in [0.25, 0.3) is 0 Å². The fraction of sp³-hybridized carbons (Fsp3) is 0.400. The molecular weight excluding hydrogens is 422 g/mol. The smallest absolute Gasteiger partial charge is 0.322 e. The van der Waals surface area contributed by atoms with Gasteiger partial charge in [0.05, 0.1) is 0 Å². The summed E-state index contributed by atoms with van der Waals surface area (Å²) in [6, 6.07) is 6.65. The Morgan fingerprint density at radius 3 is 2.36 bits per heavy atom. The Morgan fingerprint density at radius 2 is 1.76 bits per heavy atom. The van der Waals surface area contributed by atoms with E-state index >= 15 is 0 Å². The van der Waals surface area contributed by atoms with E-state index in [0.717, 1.165) is 27.8 Å². The van der Waals surface area contributed by atoms with Gasteiger partial charge in [0.15, 0.2) is 5.60 Å². The zero-order valence-electron chi connectivity index (χ0n) is 19.5. The fourth-order valence-electron chi connectivity index (χ4n) is 4.48. The Hall–Kier alpha value is -3.55. The number of benzene rings is 2. The van der Waals surface area contributed by atoms with Crippen molar-refractivity contribution in [2.45, 2.75) is 65.1 Å². The van der Waals surface area contributed by atoms with E-state index in [1.165, 1.54) is 0 Å². The van der Waals surface area contributed by atoms with Crippen LogP contribution < -0.4 is 20.7 Å². The molecule has 174 valence electrons. The zero-order valence-corrected chi connectivity index (χ0v) is 19.5. The SMILES string of the molecule is Cc1c(C)c2c(c(C)c1O)CCC(C)(C(=O)NCc1ccc(C3(C)NC(=O)NC3=O)cc1)O2. The number of nitrogens with one attached hydrogen (secondary N) is 3. The number of amides is 4. The van der Waals surface area contributed by atoms with Gasteiger partial charge in [-0.25, -0.2) is 4.79 Å². The van der Waals surface area contributed by atoms with Crippen LogP contribution in [0.4, 0.5) is 4.79 Å². The first-order valence-corrected chi connectivity index (χ1v) is 11.0. The second-order valence-electron chi connectivity index (χ2n) is 9.28. The van der Waals surface area contributed by atoms with E-state index in [1.54, 1.807) is 26.0 Å². The number of aromatic hydroxyl groups is 1. The molecule has 4 N–H and O–H groups in total. The molecule has 2 aliphatic rings. The lowest BCUT2D eigenvalue weighted by Gasteiger charge is -2.36. The van der Waals surface area contributed by atoms with Gasteiger partial charge in [-0.3, -0.25) is 14.9 Å². The van der Waals surface area contributed by atoms with Crippen molar-refractivity contribution in [2.75, 3.05) is 0 Å². The average molecular weight is 452 g/mol. The van der Waals surface area contributed by atoms with Crippen LogP contribution in [0.2, 0.25) is 0 Å². The van der Waals surface area contributed by atoms with Crippen molar-refractivity contribution >= 4 is 17.8 Å². The summed E-state index contributed by atoms with van der Waals surface area (Å²) in [5, 5.41) is 18.2. The van der Waals surface area contributed by atoms with Gasteiger partial charge in [0.25, 0.3) is 11.8 Å². The molecule has 2 atom stereocenters. The Labute approximate surface area is 192 Å². The number of hydrogen-bond donors (Lipinski definition) is 4. The Bertz CT molecular complexity index is 1170. The van der Waals surface area contributed by atoms with Gasteiger partial charge in [0, 0.05) is 18.5 Å². The Balaban J connectivity index is 1.45. The number of phenols is 1. The molecule has 1 saturated heterocycles. The molecule has 2 heterocycles. The van der Waals surface area contributed by atoms with Crippen molar-refractivity contribution in [1.82, 2.24) is 16.0 Å². The molecule has 2 aromatic rings. The second kappa shape index (κ2) is 7.79. The van der Waals surface area contributed by atoms with Gasteiger partial charge < -0.3 is 20.5 Å². The molecule has 2 unspecified atom stereocenters. The van der Waals surface area contributed by atoms with Crippen LogP contribution in [0.1, 0.15) is 53.6 Å². The third-order valence-electron chi connectivity index (χ3n) is 7.03. The highest BCUT2D eigenvalue weighted by Crippen LogP contribution is 2.43. The topological polar surface area (TPSA) is 117 Å². The van der Waals surface area contributed by atoms with E-state index in [2.05, 4.69) is 16.0 Å². The monoisotopic (exact) mass is 451 g/mol. The van der Waals surface area contributed by atoms with Crippen LogP contribution in [0, 0.1) is 20.8 Å². The number of fused-ring (bicyclic) bond motifs is 1. The lowest BCUT2D eigenvalue weighted by Crippen LogP contribution is -2.50. The molecule has 4 amide bonds. The molecule has 8 nitrogen and oxygen atoms in total. The summed E-state index contributed by atoms with van der Waals surface area (Å²) >= 11 is 0. The predicted molar refractivity (Wildman–Crippen MR) is 122 cm³/mol. The molecule has 0 aliphatic carbocycles. The van der Waals surface area contributed by atoms with E-state index < -0.39 is 23.1 Å². The van der Waals surface area contributed by atoms with Gasteiger partial charge in [-0.15, -0.1) is 0 Å². The first-order chi connectivity index (χ1) is 15.5. The van der Waals surface area contributed by atoms with Crippen LogP contribution in [0.3, 0.4) is 0 Å². The molecule has 2 aliphatic heterocycles. The summed E-state index contributed by atoms with van der Waals surface area (Å²) in [5.74, 6) is 0.357. The number of rotatable bonds is 4. The summed E-state index contributed by atoms with van der Waals surface area (Å²) < 4.78 is 6.23. The number of phenolic OH excluding ortho intramolecular Hbond substituents is 1. The minimum absolute atomic E-state index is 0.214. The third-order valence-corrected chi connectivity index (χ3v) is 7.03. The van der Waals surface area contributed by atoms with E-state index in [9.17, 15) is 19.5 Å². The molecular formula is C25H29N3O5. The summed E-state index contributed by atoms with van der Waals surface area (Å²) in [6.07, 6.45) is 1.14. The van der Waals surface area contributed by atoms with Crippen molar-refractivity contribution in [3.8, 4) is 11.5 Å². The van der Waals surface area contributed by atoms with Crippen molar-refractivity contribution in [3.05, 3.63) is 57.6 Å². The summed E-state index contributed by atoms with van der Waals surface area (Å²) in [5.41, 5.74) is 2.74. The van der Waals surface area contributed by atoms with E-state index in [-0.39, 0.29) is 11.7 Å². The molecule has 33 heavy (non-hydrogen) atoms. The van der Waals surface area contributed by atoms with Gasteiger partial charge in [-0.2, -0.15) is 0 Å². The predicted octanol–water partition coefficient (Wildman–Crippen LogP) is 2.77. The van der Waals surface area contributed by atoms with Crippen LogP contribution >= 0.6 is 0 Å². The number of urea groups is 1. The summed E-state index contributed by atoms with van der Waals surface area (Å²) in [7, 11) is 0. The highest BCUT2D eigenvalue weighted by Gasteiger charge is 2.43. The first kappa shape index (κ1) is 22.6. The Kier molecular flexibility index (Phi) is 5.35. The molecule has 8 heteroatoms. The maximum atomic E-state index is 13.1. The first-order valence-electron chi connectivity index (χ1n) is 11.0. The van der Waals surface area contributed by atoms with E-state index in [4.69, 9.17) is 4.74 Å². The maximum absolute atomic E-state index is 13.1. The van der Waals surface area contributed by atoms with Crippen molar-refractivity contribution in [2.24, 2.45) is 0 Å². The third kappa shape index (κ3) is 3.69. The fourth-order valence-corrected chi connectivity index (χ4v) is 4.48. The molecule has 0 bridgehead atoms. The number of carbonyl (C=O) groups is 3. The van der Waals surface area contributed by atoms with Crippen LogP contribution in [-0.2, 0) is 28.1 Å². The van der Waals surface area contributed by atoms with Crippen LogP contribution in [0.15, 0.2) is 24.3 Å². The summed E-state index contributed by atoms with van der Waals surface area (Å²) in [4.78, 5) is 36.7. The molecule has 4 rings (SSSR count). The molecule has 0 aromatic heterocycles. The lowest BCUT2D eigenvalue weighted by atomic mass is 9.86. The van der Waals surface area contributed by atoms with Gasteiger partial charge in [0.2, 0.25) is 0 Å². The van der Waals surface area contributed by atoms with Crippen molar-refractivity contribution in [3.63, 3.8) is 0 Å². The van der Waals surface area contributed by atoms with Gasteiger partial charge >= 0.3 is 6.03 Å². The van der Waals surface area contributed by atoms with Crippen molar-refractivity contribution in [1.29, 1.82) is 0 Å². The zero-order chi connectivity index (χ0) is 24.1. The average Bonchev–Trinajstić information content (AvgIpc) is 3.06. The van der Waals surface area contributed by atoms with Crippen molar-refractivity contribution < 1.29 is 24.2 Å². The quantitative estimate of drug-likeness (QED) is 0.534. The number of ether oxygens (including phenoxy) is 1. The number of hydrogen-bond acceptors (Lipinski definition) is 5. The maximum Gasteiger partial charge on any atom is 0.322 e. The number of carbonyl (C=O) groups excluding carboxylic acids is 3. The molecule has 1 fully saturated rings. The minimum atomic E-state index is -1.11. The molecule has 2 aromatic carbocycles. The second-order valence-corrected chi connectivity index (χ2v) is 9.28. The minimum Gasteiger partial charge on any atom is -0.507 e. The van der Waals surface area contributed by atoms with E-state index in [1.807, 2.05) is 32.9 Å².